The minimum Gasteiger partial charge on any atom is -0.372 e. The molecule has 4 nitrogen and oxygen atoms in total. The maximum absolute atomic E-state index is 13.2. The molecule has 1 aliphatic carbocycles. The summed E-state index contributed by atoms with van der Waals surface area (Å²) in [6.07, 6.45) is 7.63. The van der Waals surface area contributed by atoms with Crippen molar-refractivity contribution in [1.29, 1.82) is 0 Å². The number of carbonyl (C=O) groups excluding carboxylic acids is 2. The number of amides is 2. The van der Waals surface area contributed by atoms with Crippen LogP contribution in [0, 0.1) is 29.6 Å². The van der Waals surface area contributed by atoms with E-state index in [9.17, 15) is 9.59 Å². The summed E-state index contributed by atoms with van der Waals surface area (Å²) >= 11 is 0. The Morgan fingerprint density at radius 3 is 2.15 bits per heavy atom. The number of likely N-dealkylation sites (tertiary alicyclic amines) is 1. The molecule has 27 heavy (non-hydrogen) atoms. The van der Waals surface area contributed by atoms with Gasteiger partial charge in [-0.2, -0.15) is 0 Å². The predicted molar refractivity (Wildman–Crippen MR) is 107 cm³/mol. The Labute approximate surface area is 165 Å². The highest BCUT2D eigenvalue weighted by atomic mass is 16.5. The largest absolute Gasteiger partial charge is 0.372 e. The van der Waals surface area contributed by atoms with Gasteiger partial charge in [0.1, 0.15) is 0 Å². The highest BCUT2D eigenvalue weighted by Gasteiger charge is 2.53. The van der Waals surface area contributed by atoms with Crippen LogP contribution in [0.4, 0.5) is 0 Å². The van der Waals surface area contributed by atoms with Gasteiger partial charge in [-0.3, -0.25) is 14.5 Å². The van der Waals surface area contributed by atoms with Gasteiger partial charge in [0.05, 0.1) is 23.5 Å². The van der Waals surface area contributed by atoms with Gasteiger partial charge in [0.25, 0.3) is 0 Å². The summed E-state index contributed by atoms with van der Waals surface area (Å²) in [6.45, 7) is 12.8. The van der Waals surface area contributed by atoms with Crippen LogP contribution in [0.15, 0.2) is 0 Å². The first kappa shape index (κ1) is 20.8. The van der Waals surface area contributed by atoms with Gasteiger partial charge >= 0.3 is 0 Å². The SMILES string of the molecule is CCCC1(C)CCC2CCC(N3C(=O)C(C(C)C)C(C(C)C)C3=O)CC2O1. The van der Waals surface area contributed by atoms with Crippen molar-refractivity contribution in [2.75, 3.05) is 0 Å². The lowest BCUT2D eigenvalue weighted by Gasteiger charge is -2.48. The van der Waals surface area contributed by atoms with E-state index in [1.165, 1.54) is 6.42 Å². The molecular formula is C23H39NO3. The Morgan fingerprint density at radius 2 is 1.63 bits per heavy atom. The van der Waals surface area contributed by atoms with Crippen molar-refractivity contribution < 1.29 is 14.3 Å². The molecule has 0 bridgehead atoms. The maximum Gasteiger partial charge on any atom is 0.233 e. The Morgan fingerprint density at radius 1 is 1.04 bits per heavy atom. The number of imide groups is 1. The molecule has 0 N–H and O–H groups in total. The molecule has 2 heterocycles. The number of hydrogen-bond acceptors (Lipinski definition) is 3. The average Bonchev–Trinajstić information content (AvgIpc) is 2.85. The van der Waals surface area contributed by atoms with Crippen molar-refractivity contribution >= 4 is 11.8 Å². The van der Waals surface area contributed by atoms with Crippen LogP contribution >= 0.6 is 0 Å². The second-order valence-electron chi connectivity index (χ2n) is 10.2. The van der Waals surface area contributed by atoms with E-state index >= 15 is 0 Å². The molecule has 0 spiro atoms. The maximum atomic E-state index is 13.2. The van der Waals surface area contributed by atoms with Crippen LogP contribution in [0.25, 0.3) is 0 Å². The zero-order valence-corrected chi connectivity index (χ0v) is 18.2. The molecule has 6 atom stereocenters. The van der Waals surface area contributed by atoms with Crippen molar-refractivity contribution in [3.63, 3.8) is 0 Å². The minimum atomic E-state index is -0.159. The normalized spacial score (nSPS) is 40.1. The Bertz CT molecular complexity index is 546. The zero-order valence-electron chi connectivity index (χ0n) is 18.2. The van der Waals surface area contributed by atoms with Crippen molar-refractivity contribution in [2.24, 2.45) is 29.6 Å². The number of nitrogens with zero attached hydrogens (tertiary/aromatic N) is 1. The fraction of sp³-hybridized carbons (Fsp3) is 0.913. The number of hydrogen-bond donors (Lipinski definition) is 0. The Balaban J connectivity index is 1.77. The molecule has 3 aliphatic rings. The lowest BCUT2D eigenvalue weighted by atomic mass is 9.75. The molecule has 0 aromatic heterocycles. The summed E-state index contributed by atoms with van der Waals surface area (Å²) in [7, 11) is 0. The van der Waals surface area contributed by atoms with Gasteiger partial charge in [-0.05, 0) is 63.2 Å². The second-order valence-corrected chi connectivity index (χ2v) is 10.2. The molecular weight excluding hydrogens is 338 g/mol. The van der Waals surface area contributed by atoms with E-state index in [-0.39, 0.29) is 53.2 Å². The topological polar surface area (TPSA) is 46.6 Å². The number of ether oxygens (including phenoxy) is 1. The van der Waals surface area contributed by atoms with Gasteiger partial charge in [0.15, 0.2) is 0 Å². The van der Waals surface area contributed by atoms with E-state index in [4.69, 9.17) is 4.74 Å². The van der Waals surface area contributed by atoms with Gasteiger partial charge < -0.3 is 4.74 Å². The summed E-state index contributed by atoms with van der Waals surface area (Å²) in [5.74, 6) is 0.831. The van der Waals surface area contributed by atoms with Crippen molar-refractivity contribution in [2.45, 2.75) is 104 Å². The average molecular weight is 378 g/mol. The molecule has 6 unspecified atom stereocenters. The van der Waals surface area contributed by atoms with E-state index in [0.29, 0.717) is 5.92 Å². The van der Waals surface area contributed by atoms with Crippen molar-refractivity contribution in [1.82, 2.24) is 4.90 Å². The quantitative estimate of drug-likeness (QED) is 0.646. The molecule has 2 aliphatic heterocycles. The van der Waals surface area contributed by atoms with Crippen LogP contribution in [0.2, 0.25) is 0 Å². The van der Waals surface area contributed by atoms with Crippen LogP contribution in [0.3, 0.4) is 0 Å². The Kier molecular flexibility index (Phi) is 6.05. The molecule has 154 valence electrons. The smallest absolute Gasteiger partial charge is 0.233 e. The van der Waals surface area contributed by atoms with Crippen molar-refractivity contribution in [3.8, 4) is 0 Å². The lowest BCUT2D eigenvalue weighted by molar-refractivity contribution is -0.171. The fourth-order valence-corrected chi connectivity index (χ4v) is 6.00. The van der Waals surface area contributed by atoms with Crippen molar-refractivity contribution in [3.05, 3.63) is 0 Å². The first-order valence-corrected chi connectivity index (χ1v) is 11.2. The van der Waals surface area contributed by atoms with Gasteiger partial charge in [-0.25, -0.2) is 0 Å². The standard InChI is InChI=1S/C23H39NO3/c1-7-11-23(6)12-10-16-8-9-17(13-18(16)27-23)24-21(25)19(14(2)3)20(15(4)5)22(24)26/h14-20H,7-13H2,1-6H3. The van der Waals surface area contributed by atoms with E-state index in [1.54, 1.807) is 4.90 Å². The van der Waals surface area contributed by atoms with Gasteiger partial charge in [0, 0.05) is 6.04 Å². The van der Waals surface area contributed by atoms with E-state index in [0.717, 1.165) is 38.5 Å². The third kappa shape index (κ3) is 3.83. The first-order valence-electron chi connectivity index (χ1n) is 11.2. The van der Waals surface area contributed by atoms with Crippen LogP contribution in [-0.2, 0) is 14.3 Å². The van der Waals surface area contributed by atoms with Crippen LogP contribution in [0.5, 0.6) is 0 Å². The fourth-order valence-electron chi connectivity index (χ4n) is 6.00. The molecule has 0 radical (unpaired) electrons. The van der Waals surface area contributed by atoms with Gasteiger partial charge in [-0.1, -0.05) is 41.0 Å². The highest BCUT2D eigenvalue weighted by molar-refractivity contribution is 6.05. The third-order valence-electron chi connectivity index (χ3n) is 7.39. The van der Waals surface area contributed by atoms with Crippen LogP contribution < -0.4 is 0 Å². The molecule has 1 saturated carbocycles. The lowest BCUT2D eigenvalue weighted by Crippen LogP contribution is -2.51. The summed E-state index contributed by atoms with van der Waals surface area (Å²) in [4.78, 5) is 28.1. The predicted octanol–water partition coefficient (Wildman–Crippen LogP) is 4.81. The molecule has 4 heteroatoms. The van der Waals surface area contributed by atoms with Gasteiger partial charge in [0.2, 0.25) is 11.8 Å². The summed E-state index contributed by atoms with van der Waals surface area (Å²) in [5, 5.41) is 0. The number of rotatable bonds is 5. The third-order valence-corrected chi connectivity index (χ3v) is 7.39. The monoisotopic (exact) mass is 377 g/mol. The molecule has 2 amide bonds. The highest BCUT2D eigenvalue weighted by Crippen LogP contribution is 2.45. The number of carbonyl (C=O) groups is 2. The second kappa shape index (κ2) is 7.85. The minimum absolute atomic E-state index is 0.0280. The Hall–Kier alpha value is -0.900. The molecule has 0 aromatic carbocycles. The molecule has 3 rings (SSSR count). The van der Waals surface area contributed by atoms with E-state index in [1.807, 2.05) is 0 Å². The molecule has 2 saturated heterocycles. The summed E-state index contributed by atoms with van der Waals surface area (Å²) in [6, 6.07) is 0.0280. The summed E-state index contributed by atoms with van der Waals surface area (Å²) in [5.41, 5.74) is -0.0300. The van der Waals surface area contributed by atoms with Crippen LogP contribution in [0.1, 0.15) is 86.5 Å². The van der Waals surface area contributed by atoms with E-state index in [2.05, 4.69) is 41.5 Å². The van der Waals surface area contributed by atoms with Crippen LogP contribution in [-0.4, -0.2) is 34.5 Å². The summed E-state index contributed by atoms with van der Waals surface area (Å²) < 4.78 is 6.58. The van der Waals surface area contributed by atoms with E-state index < -0.39 is 0 Å². The number of fused-ring (bicyclic) bond motifs is 1. The zero-order chi connectivity index (χ0) is 19.9. The molecule has 0 aromatic rings. The van der Waals surface area contributed by atoms with Gasteiger partial charge in [-0.15, -0.1) is 0 Å². The molecule has 3 fully saturated rings. The first-order chi connectivity index (χ1) is 12.7.